The molecular formula is C22H19N7O3. The van der Waals surface area contributed by atoms with Gasteiger partial charge in [0.25, 0.3) is 11.8 Å². The third kappa shape index (κ3) is 4.13. The maximum atomic E-state index is 12.3. The number of aromatic nitrogens is 4. The standard InChI is InChI=1S/C22H19N7O3/c1-12-25-18-19(26-12)27-22(32-17-9-13(11-23)7-8-16(17)24)28-20(18)31-15-6-4-5-14(10-15)21(30)29(2)3/h4-10H,24H2,1-3H3,(H,25,26,27,28). The third-order valence-corrected chi connectivity index (χ3v) is 4.46. The van der Waals surface area contributed by atoms with E-state index in [4.69, 9.17) is 20.5 Å². The van der Waals surface area contributed by atoms with Crippen LogP contribution >= 0.6 is 0 Å². The lowest BCUT2D eigenvalue weighted by atomic mass is 10.2. The van der Waals surface area contributed by atoms with Crippen molar-refractivity contribution in [1.82, 2.24) is 24.8 Å². The average Bonchev–Trinajstić information content (AvgIpc) is 3.15. The number of aryl methyl sites for hydroxylation is 1. The second kappa shape index (κ2) is 8.23. The minimum absolute atomic E-state index is 0.0543. The Bertz CT molecular complexity index is 1370. The molecule has 0 bridgehead atoms. The molecule has 0 atom stereocenters. The van der Waals surface area contributed by atoms with E-state index in [1.54, 1.807) is 57.4 Å². The smallest absolute Gasteiger partial charge is 0.327 e. The number of aromatic amines is 1. The van der Waals surface area contributed by atoms with Crippen LogP contribution < -0.4 is 15.2 Å². The summed E-state index contributed by atoms with van der Waals surface area (Å²) < 4.78 is 11.7. The minimum Gasteiger partial charge on any atom is -0.437 e. The molecular weight excluding hydrogens is 410 g/mol. The first-order valence-corrected chi connectivity index (χ1v) is 9.55. The first-order valence-electron chi connectivity index (χ1n) is 9.55. The Balaban J connectivity index is 1.73. The number of nitrogens with two attached hydrogens (primary N) is 1. The molecule has 0 aliphatic rings. The van der Waals surface area contributed by atoms with E-state index in [0.717, 1.165) is 0 Å². The number of amides is 1. The summed E-state index contributed by atoms with van der Waals surface area (Å²) in [6.45, 7) is 1.77. The van der Waals surface area contributed by atoms with Gasteiger partial charge in [0.15, 0.2) is 11.4 Å². The van der Waals surface area contributed by atoms with Gasteiger partial charge in [-0.25, -0.2) is 4.98 Å². The highest BCUT2D eigenvalue weighted by atomic mass is 16.5. The summed E-state index contributed by atoms with van der Waals surface area (Å²) in [6.07, 6.45) is 0. The molecule has 160 valence electrons. The Morgan fingerprint density at radius 3 is 2.69 bits per heavy atom. The van der Waals surface area contributed by atoms with Crippen LogP contribution in [0, 0.1) is 18.3 Å². The number of benzene rings is 2. The molecule has 0 fully saturated rings. The fourth-order valence-corrected chi connectivity index (χ4v) is 2.94. The van der Waals surface area contributed by atoms with Crippen molar-refractivity contribution in [3.63, 3.8) is 0 Å². The van der Waals surface area contributed by atoms with Crippen LogP contribution in [0.15, 0.2) is 42.5 Å². The summed E-state index contributed by atoms with van der Waals surface area (Å²) in [5.41, 5.74) is 7.93. The molecule has 10 heteroatoms. The van der Waals surface area contributed by atoms with Crippen LogP contribution in [0.2, 0.25) is 0 Å². The largest absolute Gasteiger partial charge is 0.437 e. The van der Waals surface area contributed by atoms with Crippen LogP contribution in [0.4, 0.5) is 5.69 Å². The summed E-state index contributed by atoms with van der Waals surface area (Å²) in [4.78, 5) is 29.8. The number of hydrogen-bond donors (Lipinski definition) is 2. The molecule has 10 nitrogen and oxygen atoms in total. The van der Waals surface area contributed by atoms with Crippen molar-refractivity contribution in [1.29, 1.82) is 5.26 Å². The highest BCUT2D eigenvalue weighted by Gasteiger charge is 2.17. The number of fused-ring (bicyclic) bond motifs is 1. The predicted octanol–water partition coefficient (Wildman–Crippen LogP) is 3.40. The molecule has 1 amide bonds. The van der Waals surface area contributed by atoms with Gasteiger partial charge in [-0.15, -0.1) is 0 Å². The molecule has 32 heavy (non-hydrogen) atoms. The lowest BCUT2D eigenvalue weighted by molar-refractivity contribution is 0.0827. The molecule has 0 aliphatic heterocycles. The molecule has 0 spiro atoms. The maximum absolute atomic E-state index is 12.3. The lowest BCUT2D eigenvalue weighted by Gasteiger charge is -2.12. The number of carbonyl (C=O) groups is 1. The number of rotatable bonds is 5. The highest BCUT2D eigenvalue weighted by molar-refractivity contribution is 5.94. The molecule has 2 aromatic heterocycles. The maximum Gasteiger partial charge on any atom is 0.327 e. The molecule has 4 rings (SSSR count). The average molecular weight is 429 g/mol. The molecule has 0 unspecified atom stereocenters. The van der Waals surface area contributed by atoms with Gasteiger partial charge < -0.3 is 25.1 Å². The van der Waals surface area contributed by atoms with Gasteiger partial charge in [-0.3, -0.25) is 4.79 Å². The number of hydrogen-bond acceptors (Lipinski definition) is 8. The Morgan fingerprint density at radius 2 is 1.94 bits per heavy atom. The van der Waals surface area contributed by atoms with E-state index in [1.807, 2.05) is 6.07 Å². The summed E-state index contributed by atoms with van der Waals surface area (Å²) >= 11 is 0. The van der Waals surface area contributed by atoms with Crippen LogP contribution in [0.5, 0.6) is 23.4 Å². The number of nitrogens with one attached hydrogen (secondary N) is 1. The number of carbonyl (C=O) groups excluding carboxylic acids is 1. The van der Waals surface area contributed by atoms with Crippen molar-refractivity contribution < 1.29 is 14.3 Å². The predicted molar refractivity (Wildman–Crippen MR) is 117 cm³/mol. The van der Waals surface area contributed by atoms with E-state index in [0.29, 0.717) is 39.6 Å². The van der Waals surface area contributed by atoms with Crippen molar-refractivity contribution in [2.75, 3.05) is 19.8 Å². The van der Waals surface area contributed by atoms with Crippen LogP contribution in [0.25, 0.3) is 11.2 Å². The van der Waals surface area contributed by atoms with E-state index in [1.165, 1.54) is 11.0 Å². The Kier molecular flexibility index (Phi) is 5.30. The molecule has 4 aromatic rings. The van der Waals surface area contributed by atoms with Gasteiger partial charge in [0.05, 0.1) is 17.3 Å². The van der Waals surface area contributed by atoms with Gasteiger partial charge in [0.2, 0.25) is 0 Å². The number of nitriles is 1. The van der Waals surface area contributed by atoms with Gasteiger partial charge in [-0.1, -0.05) is 6.07 Å². The first kappa shape index (κ1) is 20.6. The summed E-state index contributed by atoms with van der Waals surface area (Å²) in [7, 11) is 3.35. The zero-order valence-electron chi connectivity index (χ0n) is 17.6. The van der Waals surface area contributed by atoms with Crippen molar-refractivity contribution in [3.05, 3.63) is 59.4 Å². The van der Waals surface area contributed by atoms with Gasteiger partial charge in [0, 0.05) is 25.7 Å². The minimum atomic E-state index is -0.155. The monoisotopic (exact) mass is 429 g/mol. The summed E-state index contributed by atoms with van der Waals surface area (Å²) in [5.74, 6) is 1.26. The quantitative estimate of drug-likeness (QED) is 0.460. The second-order valence-electron chi connectivity index (χ2n) is 7.13. The molecule has 2 heterocycles. The van der Waals surface area contributed by atoms with Crippen molar-refractivity contribution in [2.45, 2.75) is 6.92 Å². The normalized spacial score (nSPS) is 10.6. The van der Waals surface area contributed by atoms with Gasteiger partial charge >= 0.3 is 6.01 Å². The van der Waals surface area contributed by atoms with Crippen LogP contribution in [-0.2, 0) is 0 Å². The van der Waals surface area contributed by atoms with Crippen LogP contribution in [0.3, 0.4) is 0 Å². The van der Waals surface area contributed by atoms with Crippen molar-refractivity contribution in [2.24, 2.45) is 0 Å². The van der Waals surface area contributed by atoms with Crippen molar-refractivity contribution in [3.8, 4) is 29.5 Å². The number of nitrogen functional groups attached to an aromatic ring is 1. The number of imidazole rings is 1. The summed E-state index contributed by atoms with van der Waals surface area (Å²) in [5, 5.41) is 9.13. The fraction of sp³-hybridized carbons (Fsp3) is 0.136. The topological polar surface area (TPSA) is 143 Å². The molecule has 2 aromatic carbocycles. The number of nitrogens with zero attached hydrogens (tertiary/aromatic N) is 5. The summed E-state index contributed by atoms with van der Waals surface area (Å²) in [6, 6.07) is 13.4. The Morgan fingerprint density at radius 1 is 1.12 bits per heavy atom. The van der Waals surface area contributed by atoms with E-state index in [9.17, 15) is 4.79 Å². The zero-order valence-corrected chi connectivity index (χ0v) is 17.6. The molecule has 0 radical (unpaired) electrons. The number of ether oxygens (including phenoxy) is 2. The third-order valence-electron chi connectivity index (χ3n) is 4.46. The SMILES string of the molecule is Cc1nc2nc(Oc3cc(C#N)ccc3N)nc(Oc3cccc(C(=O)N(C)C)c3)c2[nH]1. The van der Waals surface area contributed by atoms with E-state index in [-0.39, 0.29) is 23.5 Å². The van der Waals surface area contributed by atoms with E-state index < -0.39 is 0 Å². The fourth-order valence-electron chi connectivity index (χ4n) is 2.94. The molecule has 3 N–H and O–H groups in total. The number of anilines is 1. The first-order chi connectivity index (χ1) is 15.3. The zero-order chi connectivity index (χ0) is 22.8. The Hall–Kier alpha value is -4.65. The molecule has 0 saturated heterocycles. The van der Waals surface area contributed by atoms with Crippen LogP contribution in [-0.4, -0.2) is 44.8 Å². The molecule has 0 aliphatic carbocycles. The lowest BCUT2D eigenvalue weighted by Crippen LogP contribution is -2.21. The van der Waals surface area contributed by atoms with Crippen LogP contribution in [0.1, 0.15) is 21.7 Å². The van der Waals surface area contributed by atoms with E-state index >= 15 is 0 Å². The number of H-pyrrole nitrogens is 1. The Labute approximate surface area is 183 Å². The second-order valence-corrected chi connectivity index (χ2v) is 7.13. The molecule has 0 saturated carbocycles. The highest BCUT2D eigenvalue weighted by Crippen LogP contribution is 2.32. The van der Waals surface area contributed by atoms with Gasteiger partial charge in [-0.2, -0.15) is 15.2 Å². The van der Waals surface area contributed by atoms with Gasteiger partial charge in [0.1, 0.15) is 17.1 Å². The van der Waals surface area contributed by atoms with E-state index in [2.05, 4.69) is 19.9 Å². The van der Waals surface area contributed by atoms with Gasteiger partial charge in [-0.05, 0) is 37.3 Å². The van der Waals surface area contributed by atoms with Crippen molar-refractivity contribution >= 4 is 22.8 Å².